The first-order chi connectivity index (χ1) is 14.1. The van der Waals surface area contributed by atoms with Gasteiger partial charge in [0.2, 0.25) is 0 Å². The second-order valence-corrected chi connectivity index (χ2v) is 6.87. The number of fused-ring (bicyclic) bond motifs is 2. The van der Waals surface area contributed by atoms with Crippen LogP contribution < -0.4 is 10.5 Å². The average Bonchev–Trinajstić information content (AvgIpc) is 2.77. The summed E-state index contributed by atoms with van der Waals surface area (Å²) < 4.78 is 6.52. The third kappa shape index (κ3) is 3.51. The number of ether oxygens (including phenoxy) is 1. The summed E-state index contributed by atoms with van der Waals surface area (Å²) in [4.78, 5) is 39.5. The zero-order valence-electron chi connectivity index (χ0n) is 16.1. The molecule has 0 spiro atoms. The molecule has 1 aliphatic rings. The summed E-state index contributed by atoms with van der Waals surface area (Å²) in [7, 11) is 0. The fraction of sp³-hybridized carbons (Fsp3) is 0.273. The van der Waals surface area contributed by atoms with Crippen molar-refractivity contribution in [3.63, 3.8) is 0 Å². The normalized spacial score (nSPS) is 13.2. The molecule has 29 heavy (non-hydrogen) atoms. The largest absolute Gasteiger partial charge is 0.451 e. The van der Waals surface area contributed by atoms with Crippen LogP contribution in [0.1, 0.15) is 29.4 Å². The average molecular weight is 391 g/mol. The molecule has 0 unspecified atom stereocenters. The van der Waals surface area contributed by atoms with Crippen LogP contribution in [0.4, 0.5) is 5.69 Å². The molecule has 3 aromatic rings. The lowest BCUT2D eigenvalue weighted by Gasteiger charge is -2.29. The Morgan fingerprint density at radius 1 is 1.07 bits per heavy atom. The molecule has 1 aliphatic heterocycles. The van der Waals surface area contributed by atoms with Crippen molar-refractivity contribution in [2.75, 3.05) is 18.1 Å². The first-order valence-corrected chi connectivity index (χ1v) is 9.65. The lowest BCUT2D eigenvalue weighted by molar-refractivity contribution is -0.121. The maximum absolute atomic E-state index is 12.7. The van der Waals surface area contributed by atoms with Gasteiger partial charge in [0, 0.05) is 24.2 Å². The lowest BCUT2D eigenvalue weighted by atomic mass is 10.0. The highest BCUT2D eigenvalue weighted by Crippen LogP contribution is 2.26. The maximum atomic E-state index is 12.7. The van der Waals surface area contributed by atoms with E-state index in [1.54, 1.807) is 36.1 Å². The van der Waals surface area contributed by atoms with E-state index in [0.717, 1.165) is 24.1 Å². The number of benzene rings is 2. The number of hydrogen-bond acceptors (Lipinski definition) is 5. The first kappa shape index (κ1) is 18.9. The number of rotatable bonds is 4. The summed E-state index contributed by atoms with van der Waals surface area (Å²) >= 11 is 0. The molecule has 1 aromatic heterocycles. The summed E-state index contributed by atoms with van der Waals surface area (Å²) in [6.45, 7) is 2.31. The SMILES string of the molecule is CCn1nc(C(=O)OCC(=O)N2CCCc3ccccc32)c2ccccc2c1=O. The Morgan fingerprint density at radius 3 is 2.59 bits per heavy atom. The smallest absolute Gasteiger partial charge is 0.359 e. The molecule has 0 bridgehead atoms. The number of aryl methyl sites for hydroxylation is 2. The van der Waals surface area contributed by atoms with Gasteiger partial charge in [0.05, 0.1) is 5.39 Å². The summed E-state index contributed by atoms with van der Waals surface area (Å²) in [6, 6.07) is 14.5. The van der Waals surface area contributed by atoms with Gasteiger partial charge in [-0.1, -0.05) is 36.4 Å². The van der Waals surface area contributed by atoms with Gasteiger partial charge in [0.15, 0.2) is 12.3 Å². The third-order valence-corrected chi connectivity index (χ3v) is 5.10. The molecule has 0 fully saturated rings. The van der Waals surface area contributed by atoms with E-state index in [1.807, 2.05) is 24.3 Å². The van der Waals surface area contributed by atoms with E-state index in [2.05, 4.69) is 5.10 Å². The van der Waals surface area contributed by atoms with Crippen molar-refractivity contribution in [2.24, 2.45) is 0 Å². The molecule has 4 rings (SSSR count). The monoisotopic (exact) mass is 391 g/mol. The zero-order chi connectivity index (χ0) is 20.4. The fourth-order valence-electron chi connectivity index (χ4n) is 3.67. The quantitative estimate of drug-likeness (QED) is 0.639. The lowest BCUT2D eigenvalue weighted by Crippen LogP contribution is -2.38. The van der Waals surface area contributed by atoms with E-state index in [1.165, 1.54) is 4.68 Å². The molecule has 0 atom stereocenters. The van der Waals surface area contributed by atoms with Gasteiger partial charge in [-0.05, 0) is 37.5 Å². The van der Waals surface area contributed by atoms with Crippen LogP contribution in [0, 0.1) is 0 Å². The molecular formula is C22H21N3O4. The van der Waals surface area contributed by atoms with Gasteiger partial charge in [-0.15, -0.1) is 0 Å². The Balaban J connectivity index is 1.56. The van der Waals surface area contributed by atoms with Gasteiger partial charge in [0.25, 0.3) is 11.5 Å². The number of carbonyl (C=O) groups is 2. The van der Waals surface area contributed by atoms with E-state index < -0.39 is 5.97 Å². The van der Waals surface area contributed by atoms with Gasteiger partial charge >= 0.3 is 5.97 Å². The molecule has 1 amide bonds. The molecule has 7 nitrogen and oxygen atoms in total. The van der Waals surface area contributed by atoms with Crippen molar-refractivity contribution in [1.82, 2.24) is 9.78 Å². The zero-order valence-corrected chi connectivity index (χ0v) is 16.1. The van der Waals surface area contributed by atoms with Crippen LogP contribution in [0.2, 0.25) is 0 Å². The number of nitrogens with zero attached hydrogens (tertiary/aromatic N) is 3. The predicted octanol–water partition coefficient (Wildman–Crippen LogP) is 2.55. The molecule has 0 saturated carbocycles. The van der Waals surface area contributed by atoms with Gasteiger partial charge in [-0.2, -0.15) is 5.10 Å². The number of hydrogen-bond donors (Lipinski definition) is 0. The van der Waals surface area contributed by atoms with E-state index in [0.29, 0.717) is 23.9 Å². The van der Waals surface area contributed by atoms with Crippen molar-refractivity contribution >= 4 is 28.3 Å². The highest BCUT2D eigenvalue weighted by atomic mass is 16.5. The molecule has 7 heteroatoms. The Bertz CT molecular complexity index is 1150. The third-order valence-electron chi connectivity index (χ3n) is 5.10. The number of aromatic nitrogens is 2. The van der Waals surface area contributed by atoms with E-state index in [4.69, 9.17) is 4.74 Å². The minimum atomic E-state index is -0.720. The van der Waals surface area contributed by atoms with Crippen molar-refractivity contribution in [3.8, 4) is 0 Å². The molecule has 0 radical (unpaired) electrons. The molecule has 0 N–H and O–H groups in total. The van der Waals surface area contributed by atoms with E-state index >= 15 is 0 Å². The van der Waals surface area contributed by atoms with E-state index in [9.17, 15) is 14.4 Å². The maximum Gasteiger partial charge on any atom is 0.359 e. The first-order valence-electron chi connectivity index (χ1n) is 9.65. The van der Waals surface area contributed by atoms with Crippen molar-refractivity contribution in [1.29, 1.82) is 0 Å². The van der Waals surface area contributed by atoms with Crippen molar-refractivity contribution < 1.29 is 14.3 Å². The highest BCUT2D eigenvalue weighted by Gasteiger charge is 2.24. The van der Waals surface area contributed by atoms with Crippen LogP contribution in [0.15, 0.2) is 53.3 Å². The molecule has 2 heterocycles. The minimum Gasteiger partial charge on any atom is -0.451 e. The Kier molecular flexibility index (Phi) is 5.12. The highest BCUT2D eigenvalue weighted by molar-refractivity contribution is 6.03. The van der Waals surface area contributed by atoms with Crippen LogP contribution in [0.5, 0.6) is 0 Å². The summed E-state index contributed by atoms with van der Waals surface area (Å²) in [6.07, 6.45) is 1.79. The summed E-state index contributed by atoms with van der Waals surface area (Å²) in [5.74, 6) is -0.999. The van der Waals surface area contributed by atoms with Gasteiger partial charge in [0.1, 0.15) is 0 Å². The molecule has 2 aromatic carbocycles. The van der Waals surface area contributed by atoms with Gasteiger partial charge < -0.3 is 9.64 Å². The van der Waals surface area contributed by atoms with Gasteiger partial charge in [-0.25, -0.2) is 9.48 Å². The molecule has 148 valence electrons. The number of anilines is 1. The topological polar surface area (TPSA) is 81.5 Å². The summed E-state index contributed by atoms with van der Waals surface area (Å²) in [5.41, 5.74) is 1.75. The second kappa shape index (κ2) is 7.87. The fourth-order valence-corrected chi connectivity index (χ4v) is 3.67. The van der Waals surface area contributed by atoms with Crippen LogP contribution in [-0.2, 0) is 22.5 Å². The minimum absolute atomic E-state index is 0.0360. The summed E-state index contributed by atoms with van der Waals surface area (Å²) in [5, 5.41) is 4.97. The number of carbonyl (C=O) groups excluding carboxylic acids is 2. The standard InChI is InChI=1S/C22H21N3O4/c1-2-25-21(27)17-11-5-4-10-16(17)20(23-25)22(28)29-14-19(26)24-13-7-9-15-8-3-6-12-18(15)24/h3-6,8,10-12H,2,7,9,13-14H2,1H3. The molecule has 0 aliphatic carbocycles. The van der Waals surface area contributed by atoms with Crippen molar-refractivity contribution in [2.45, 2.75) is 26.3 Å². The Labute approximate surface area is 167 Å². The number of amides is 1. The predicted molar refractivity (Wildman–Crippen MR) is 109 cm³/mol. The van der Waals surface area contributed by atoms with Crippen LogP contribution >= 0.6 is 0 Å². The Hall–Kier alpha value is -3.48. The van der Waals surface area contributed by atoms with Crippen molar-refractivity contribution in [3.05, 3.63) is 70.1 Å². The van der Waals surface area contributed by atoms with Gasteiger partial charge in [-0.3, -0.25) is 9.59 Å². The second-order valence-electron chi connectivity index (χ2n) is 6.87. The van der Waals surface area contributed by atoms with Crippen LogP contribution in [0.3, 0.4) is 0 Å². The van der Waals surface area contributed by atoms with E-state index in [-0.39, 0.29) is 23.8 Å². The van der Waals surface area contributed by atoms with Crippen LogP contribution in [0.25, 0.3) is 10.8 Å². The molecular weight excluding hydrogens is 370 g/mol. The number of para-hydroxylation sites is 1. The Morgan fingerprint density at radius 2 is 1.79 bits per heavy atom. The number of esters is 1. The van der Waals surface area contributed by atoms with Crippen LogP contribution in [-0.4, -0.2) is 34.8 Å². The molecule has 0 saturated heterocycles.